The van der Waals surface area contributed by atoms with Gasteiger partial charge >= 0.3 is 0 Å². The van der Waals surface area contributed by atoms with Crippen LogP contribution in [0.3, 0.4) is 0 Å². The summed E-state index contributed by atoms with van der Waals surface area (Å²) in [6.07, 6.45) is 1.54. The van der Waals surface area contributed by atoms with Crippen LogP contribution < -0.4 is 5.32 Å². The summed E-state index contributed by atoms with van der Waals surface area (Å²) in [4.78, 5) is 22.5. The zero-order valence-electron chi connectivity index (χ0n) is 11.6. The van der Waals surface area contributed by atoms with Crippen molar-refractivity contribution < 1.29 is 9.90 Å². The van der Waals surface area contributed by atoms with Crippen LogP contribution in [0.4, 0.5) is 0 Å². The summed E-state index contributed by atoms with van der Waals surface area (Å²) in [6.45, 7) is 5.82. The highest BCUT2D eigenvalue weighted by Crippen LogP contribution is 2.34. The Morgan fingerprint density at radius 2 is 2.25 bits per heavy atom. The van der Waals surface area contributed by atoms with E-state index in [1.807, 2.05) is 0 Å². The van der Waals surface area contributed by atoms with Crippen molar-refractivity contribution in [2.45, 2.75) is 31.8 Å². The van der Waals surface area contributed by atoms with Crippen molar-refractivity contribution in [3.05, 3.63) is 16.8 Å². The van der Waals surface area contributed by atoms with Crippen LogP contribution in [0, 0.1) is 13.8 Å². The molecule has 2 aromatic rings. The van der Waals surface area contributed by atoms with Crippen molar-refractivity contribution in [2.24, 2.45) is 0 Å². The summed E-state index contributed by atoms with van der Waals surface area (Å²) in [6, 6.07) is -0.223. The SMILES string of the molecule is Cc1sc2ncnc(SCC(=O)NC(C)CO)c2c1C. The van der Waals surface area contributed by atoms with Gasteiger partial charge in [0.25, 0.3) is 0 Å². The molecule has 0 aliphatic carbocycles. The van der Waals surface area contributed by atoms with Crippen molar-refractivity contribution in [3.63, 3.8) is 0 Å². The number of aromatic nitrogens is 2. The number of rotatable bonds is 5. The highest BCUT2D eigenvalue weighted by atomic mass is 32.2. The fourth-order valence-corrected chi connectivity index (χ4v) is 3.68. The second-order valence-corrected chi connectivity index (χ2v) is 6.75. The Balaban J connectivity index is 2.12. The van der Waals surface area contributed by atoms with Gasteiger partial charge in [0.1, 0.15) is 16.2 Å². The van der Waals surface area contributed by atoms with Crippen molar-refractivity contribution >= 4 is 39.2 Å². The summed E-state index contributed by atoms with van der Waals surface area (Å²) < 4.78 is 0. The van der Waals surface area contributed by atoms with Gasteiger partial charge in [-0.15, -0.1) is 11.3 Å². The number of thiophene rings is 1. The van der Waals surface area contributed by atoms with Crippen LogP contribution in [0.15, 0.2) is 11.4 Å². The lowest BCUT2D eigenvalue weighted by molar-refractivity contribution is -0.119. The maximum Gasteiger partial charge on any atom is 0.230 e. The normalized spacial score (nSPS) is 12.6. The predicted molar refractivity (Wildman–Crippen MR) is 82.3 cm³/mol. The van der Waals surface area contributed by atoms with E-state index in [0.717, 1.165) is 15.2 Å². The lowest BCUT2D eigenvalue weighted by Crippen LogP contribution is -2.36. The predicted octanol–water partition coefficient (Wildman–Crippen LogP) is 1.90. The monoisotopic (exact) mass is 311 g/mol. The topological polar surface area (TPSA) is 75.1 Å². The number of hydrogen-bond donors (Lipinski definition) is 2. The molecule has 0 radical (unpaired) electrons. The van der Waals surface area contributed by atoms with Crippen molar-refractivity contribution in [1.29, 1.82) is 0 Å². The van der Waals surface area contributed by atoms with Gasteiger partial charge in [0, 0.05) is 16.3 Å². The van der Waals surface area contributed by atoms with Crippen LogP contribution in [0.1, 0.15) is 17.4 Å². The number of aryl methyl sites for hydroxylation is 2. The maximum absolute atomic E-state index is 11.7. The molecule has 0 saturated heterocycles. The Labute approximate surface area is 125 Å². The number of aliphatic hydroxyl groups excluding tert-OH is 1. The summed E-state index contributed by atoms with van der Waals surface area (Å²) in [7, 11) is 0. The molecular weight excluding hydrogens is 294 g/mol. The quantitative estimate of drug-likeness (QED) is 0.651. The fraction of sp³-hybridized carbons (Fsp3) is 0.462. The summed E-state index contributed by atoms with van der Waals surface area (Å²) >= 11 is 3.04. The number of amides is 1. The van der Waals surface area contributed by atoms with Gasteiger partial charge in [0.15, 0.2) is 0 Å². The zero-order valence-corrected chi connectivity index (χ0v) is 13.3. The third-order valence-corrected chi connectivity index (χ3v) is 5.06. The number of fused-ring (bicyclic) bond motifs is 1. The van der Waals surface area contributed by atoms with E-state index in [2.05, 4.69) is 29.1 Å². The lowest BCUT2D eigenvalue weighted by atomic mass is 10.2. The van der Waals surface area contributed by atoms with Crippen molar-refractivity contribution in [3.8, 4) is 0 Å². The van der Waals surface area contributed by atoms with Gasteiger partial charge in [-0.2, -0.15) is 0 Å². The molecule has 1 unspecified atom stereocenters. The molecule has 0 aliphatic heterocycles. The first-order valence-corrected chi connectivity index (χ1v) is 8.06. The molecule has 2 aromatic heterocycles. The Bertz CT molecular complexity index is 627. The molecule has 5 nitrogen and oxygen atoms in total. The first-order valence-electron chi connectivity index (χ1n) is 6.26. The van der Waals surface area contributed by atoms with Gasteiger partial charge < -0.3 is 10.4 Å². The molecule has 0 aromatic carbocycles. The smallest absolute Gasteiger partial charge is 0.230 e. The number of nitrogens with one attached hydrogen (secondary N) is 1. The van der Waals surface area contributed by atoms with Crippen molar-refractivity contribution in [2.75, 3.05) is 12.4 Å². The lowest BCUT2D eigenvalue weighted by Gasteiger charge is -2.10. The molecule has 0 bridgehead atoms. The number of nitrogens with zero attached hydrogens (tertiary/aromatic N) is 2. The molecule has 0 saturated carbocycles. The number of aliphatic hydroxyl groups is 1. The summed E-state index contributed by atoms with van der Waals surface area (Å²) in [5, 5.41) is 13.5. The fourth-order valence-electron chi connectivity index (χ4n) is 1.76. The van der Waals surface area contributed by atoms with E-state index in [0.29, 0.717) is 0 Å². The number of hydrogen-bond acceptors (Lipinski definition) is 6. The number of carbonyl (C=O) groups is 1. The molecule has 7 heteroatoms. The molecule has 2 heterocycles. The van der Waals surface area contributed by atoms with Gasteiger partial charge in [0.2, 0.25) is 5.91 Å². The van der Waals surface area contributed by atoms with E-state index < -0.39 is 0 Å². The zero-order chi connectivity index (χ0) is 14.7. The van der Waals surface area contributed by atoms with Crippen LogP contribution in [-0.2, 0) is 4.79 Å². The van der Waals surface area contributed by atoms with Crippen LogP contribution in [0.2, 0.25) is 0 Å². The van der Waals surface area contributed by atoms with E-state index in [-0.39, 0.29) is 24.3 Å². The third-order valence-electron chi connectivity index (χ3n) is 2.95. The minimum Gasteiger partial charge on any atom is -0.394 e. The Kier molecular flexibility index (Phi) is 4.95. The third kappa shape index (κ3) is 3.28. The van der Waals surface area contributed by atoms with Crippen LogP contribution in [0.5, 0.6) is 0 Å². The molecule has 2 N–H and O–H groups in total. The largest absolute Gasteiger partial charge is 0.394 e. The van der Waals surface area contributed by atoms with Crippen LogP contribution in [-0.4, -0.2) is 39.4 Å². The number of carbonyl (C=O) groups excluding carboxylic acids is 1. The van der Waals surface area contributed by atoms with Crippen LogP contribution >= 0.6 is 23.1 Å². The first kappa shape index (κ1) is 15.2. The molecule has 108 valence electrons. The Morgan fingerprint density at radius 1 is 1.50 bits per heavy atom. The second kappa shape index (κ2) is 6.51. The molecule has 0 aliphatic rings. The second-order valence-electron chi connectivity index (χ2n) is 4.58. The van der Waals surface area contributed by atoms with Gasteiger partial charge in [0.05, 0.1) is 12.4 Å². The number of thioether (sulfide) groups is 1. The average molecular weight is 311 g/mol. The maximum atomic E-state index is 11.7. The minimum atomic E-state index is -0.223. The molecule has 2 rings (SSSR count). The average Bonchev–Trinajstić information content (AvgIpc) is 2.72. The van der Waals surface area contributed by atoms with Gasteiger partial charge in [-0.1, -0.05) is 11.8 Å². The molecule has 1 atom stereocenters. The molecule has 20 heavy (non-hydrogen) atoms. The highest BCUT2D eigenvalue weighted by Gasteiger charge is 2.14. The molecule has 1 amide bonds. The summed E-state index contributed by atoms with van der Waals surface area (Å²) in [5.74, 6) is 0.179. The van der Waals surface area contributed by atoms with E-state index in [1.165, 1.54) is 28.5 Å². The van der Waals surface area contributed by atoms with Crippen LogP contribution in [0.25, 0.3) is 10.2 Å². The molecular formula is C13H17N3O2S2. The molecule has 0 spiro atoms. The van der Waals surface area contributed by atoms with E-state index in [4.69, 9.17) is 5.11 Å². The van der Waals surface area contributed by atoms with Gasteiger partial charge in [-0.05, 0) is 26.3 Å². The van der Waals surface area contributed by atoms with E-state index >= 15 is 0 Å². The Hall–Kier alpha value is -1.18. The Morgan fingerprint density at radius 3 is 2.95 bits per heavy atom. The van der Waals surface area contributed by atoms with E-state index in [1.54, 1.807) is 18.3 Å². The highest BCUT2D eigenvalue weighted by molar-refractivity contribution is 8.00. The standard InChI is InChI=1S/C13H17N3O2S2/c1-7(4-17)16-10(18)5-19-12-11-8(2)9(3)20-13(11)15-6-14-12/h6-7,17H,4-5H2,1-3H3,(H,16,18). The van der Waals surface area contributed by atoms with E-state index in [9.17, 15) is 4.79 Å². The van der Waals surface area contributed by atoms with Gasteiger partial charge in [-0.25, -0.2) is 9.97 Å². The summed E-state index contributed by atoms with van der Waals surface area (Å²) in [5.41, 5.74) is 1.18. The van der Waals surface area contributed by atoms with Gasteiger partial charge in [-0.3, -0.25) is 4.79 Å². The van der Waals surface area contributed by atoms with Crippen molar-refractivity contribution in [1.82, 2.24) is 15.3 Å². The minimum absolute atomic E-state index is 0.0585. The first-order chi connectivity index (χ1) is 9.52. The molecule has 0 fully saturated rings.